The topological polar surface area (TPSA) is 16.1 Å². The standard InChI is InChI=1S/C11H13ClN2/c12-10-2-1-3-11(13-10)14-7-8-4-5-9(14)6-8/h1-3,8-9H,4-7H2. The van der Waals surface area contributed by atoms with Gasteiger partial charge in [-0.05, 0) is 37.3 Å². The Kier molecular flexibility index (Phi) is 1.91. The maximum absolute atomic E-state index is 5.89. The number of anilines is 1. The summed E-state index contributed by atoms with van der Waals surface area (Å²) in [4.78, 5) is 6.78. The minimum absolute atomic E-state index is 0.602. The summed E-state index contributed by atoms with van der Waals surface area (Å²) in [6.45, 7) is 1.18. The summed E-state index contributed by atoms with van der Waals surface area (Å²) in [7, 11) is 0. The average molecular weight is 209 g/mol. The van der Waals surface area contributed by atoms with E-state index in [0.29, 0.717) is 5.15 Å². The molecule has 2 heterocycles. The van der Waals surface area contributed by atoms with Gasteiger partial charge < -0.3 is 4.90 Å². The first-order chi connectivity index (χ1) is 6.83. The highest BCUT2D eigenvalue weighted by Gasteiger charge is 2.38. The van der Waals surface area contributed by atoms with Gasteiger partial charge in [-0.3, -0.25) is 0 Å². The van der Waals surface area contributed by atoms with Crippen molar-refractivity contribution in [2.45, 2.75) is 25.3 Å². The summed E-state index contributed by atoms with van der Waals surface area (Å²) in [5, 5.41) is 0.602. The second kappa shape index (κ2) is 3.13. The first-order valence-corrected chi connectivity index (χ1v) is 5.60. The molecule has 0 radical (unpaired) electrons. The predicted molar refractivity (Wildman–Crippen MR) is 57.7 cm³/mol. The van der Waals surface area contributed by atoms with E-state index in [9.17, 15) is 0 Å². The van der Waals surface area contributed by atoms with Gasteiger partial charge in [-0.25, -0.2) is 4.98 Å². The summed E-state index contributed by atoms with van der Waals surface area (Å²) in [5.74, 6) is 1.96. The van der Waals surface area contributed by atoms with Crippen LogP contribution in [0.5, 0.6) is 0 Å². The Balaban J connectivity index is 1.89. The summed E-state index contributed by atoms with van der Waals surface area (Å²) in [6.07, 6.45) is 4.09. The number of aromatic nitrogens is 1. The van der Waals surface area contributed by atoms with Crippen molar-refractivity contribution in [2.75, 3.05) is 11.4 Å². The van der Waals surface area contributed by atoms with Crippen molar-refractivity contribution in [3.63, 3.8) is 0 Å². The Morgan fingerprint density at radius 3 is 2.93 bits per heavy atom. The van der Waals surface area contributed by atoms with Gasteiger partial charge in [0.2, 0.25) is 0 Å². The SMILES string of the molecule is Clc1cccc(N2CC3CCC2C3)n1. The molecule has 0 N–H and O–H groups in total. The van der Waals surface area contributed by atoms with Crippen molar-refractivity contribution in [3.05, 3.63) is 23.4 Å². The Morgan fingerprint density at radius 1 is 1.36 bits per heavy atom. The minimum atomic E-state index is 0.602. The number of nitrogens with zero attached hydrogens (tertiary/aromatic N) is 2. The van der Waals surface area contributed by atoms with Gasteiger partial charge in [0.1, 0.15) is 11.0 Å². The van der Waals surface area contributed by atoms with Crippen molar-refractivity contribution >= 4 is 17.4 Å². The molecule has 0 spiro atoms. The van der Waals surface area contributed by atoms with Crippen LogP contribution in [-0.4, -0.2) is 17.6 Å². The maximum atomic E-state index is 5.89. The van der Waals surface area contributed by atoms with Crippen LogP contribution in [0.3, 0.4) is 0 Å². The molecular formula is C11H13ClN2. The van der Waals surface area contributed by atoms with Crippen LogP contribution in [0, 0.1) is 5.92 Å². The number of hydrogen-bond acceptors (Lipinski definition) is 2. The van der Waals surface area contributed by atoms with Crippen LogP contribution in [-0.2, 0) is 0 Å². The lowest BCUT2D eigenvalue weighted by Gasteiger charge is -2.27. The molecule has 1 saturated carbocycles. The third-order valence-corrected chi connectivity index (χ3v) is 3.61. The monoisotopic (exact) mass is 208 g/mol. The van der Waals surface area contributed by atoms with Crippen LogP contribution in [0.25, 0.3) is 0 Å². The number of fused-ring (bicyclic) bond motifs is 2. The lowest BCUT2D eigenvalue weighted by Crippen LogP contribution is -2.32. The third-order valence-electron chi connectivity index (χ3n) is 3.40. The smallest absolute Gasteiger partial charge is 0.131 e. The molecular weight excluding hydrogens is 196 g/mol. The van der Waals surface area contributed by atoms with Gasteiger partial charge >= 0.3 is 0 Å². The third kappa shape index (κ3) is 1.29. The van der Waals surface area contributed by atoms with Gasteiger partial charge in [-0.2, -0.15) is 0 Å². The highest BCUT2D eigenvalue weighted by atomic mass is 35.5. The van der Waals surface area contributed by atoms with Crippen LogP contribution in [0.4, 0.5) is 5.82 Å². The number of halogens is 1. The molecule has 0 amide bonds. The van der Waals surface area contributed by atoms with E-state index in [1.165, 1.54) is 25.8 Å². The summed E-state index contributed by atoms with van der Waals surface area (Å²) < 4.78 is 0. The lowest BCUT2D eigenvalue weighted by molar-refractivity contribution is 0.550. The molecule has 1 aliphatic heterocycles. The van der Waals surface area contributed by atoms with Crippen LogP contribution >= 0.6 is 11.6 Å². The fraction of sp³-hybridized carbons (Fsp3) is 0.545. The molecule has 2 atom stereocenters. The molecule has 74 valence electrons. The molecule has 1 aromatic rings. The zero-order chi connectivity index (χ0) is 9.54. The second-order valence-corrected chi connectivity index (χ2v) is 4.69. The van der Waals surface area contributed by atoms with Crippen LogP contribution in [0.2, 0.25) is 5.15 Å². The van der Waals surface area contributed by atoms with Gasteiger partial charge in [0.05, 0.1) is 0 Å². The van der Waals surface area contributed by atoms with Gasteiger partial charge in [0, 0.05) is 12.6 Å². The maximum Gasteiger partial charge on any atom is 0.131 e. The Bertz CT molecular complexity index is 353. The van der Waals surface area contributed by atoms with Crippen molar-refractivity contribution in [2.24, 2.45) is 5.92 Å². The highest BCUT2D eigenvalue weighted by Crippen LogP contribution is 2.39. The van der Waals surface area contributed by atoms with Crippen LogP contribution in [0.1, 0.15) is 19.3 Å². The number of rotatable bonds is 1. The van der Waals surface area contributed by atoms with Gasteiger partial charge in [-0.15, -0.1) is 0 Å². The van der Waals surface area contributed by atoms with E-state index < -0.39 is 0 Å². The van der Waals surface area contributed by atoms with Crippen molar-refractivity contribution < 1.29 is 0 Å². The molecule has 2 nitrogen and oxygen atoms in total. The van der Waals surface area contributed by atoms with E-state index in [-0.39, 0.29) is 0 Å². The molecule has 3 rings (SSSR count). The van der Waals surface area contributed by atoms with E-state index in [2.05, 4.69) is 16.0 Å². The summed E-state index contributed by atoms with van der Waals surface area (Å²) in [5.41, 5.74) is 0. The zero-order valence-corrected chi connectivity index (χ0v) is 8.74. The fourth-order valence-corrected chi connectivity index (χ4v) is 2.92. The quantitative estimate of drug-likeness (QED) is 0.660. The van der Waals surface area contributed by atoms with Crippen LogP contribution in [0.15, 0.2) is 18.2 Å². The van der Waals surface area contributed by atoms with Crippen molar-refractivity contribution in [1.82, 2.24) is 4.98 Å². The first-order valence-electron chi connectivity index (χ1n) is 5.22. The molecule has 2 fully saturated rings. The molecule has 0 aromatic carbocycles. The van der Waals surface area contributed by atoms with Crippen molar-refractivity contribution in [1.29, 1.82) is 0 Å². The van der Waals surface area contributed by atoms with Gasteiger partial charge in [0.15, 0.2) is 0 Å². The Hall–Kier alpha value is -0.760. The van der Waals surface area contributed by atoms with E-state index in [1.54, 1.807) is 0 Å². The molecule has 2 bridgehead atoms. The fourth-order valence-electron chi connectivity index (χ4n) is 2.76. The van der Waals surface area contributed by atoms with Crippen LogP contribution < -0.4 is 4.90 Å². The number of hydrogen-bond donors (Lipinski definition) is 0. The molecule has 14 heavy (non-hydrogen) atoms. The summed E-state index contributed by atoms with van der Waals surface area (Å²) in [6, 6.07) is 6.61. The van der Waals surface area contributed by atoms with E-state index in [0.717, 1.165) is 17.8 Å². The first kappa shape index (κ1) is 8.54. The predicted octanol–water partition coefficient (Wildman–Crippen LogP) is 2.72. The minimum Gasteiger partial charge on any atom is -0.353 e. The molecule has 1 saturated heterocycles. The Morgan fingerprint density at radius 2 is 2.29 bits per heavy atom. The normalized spacial score (nSPS) is 29.9. The number of pyridine rings is 1. The highest BCUT2D eigenvalue weighted by molar-refractivity contribution is 6.29. The molecule has 2 unspecified atom stereocenters. The average Bonchev–Trinajstić information content (AvgIpc) is 2.78. The van der Waals surface area contributed by atoms with E-state index >= 15 is 0 Å². The molecule has 1 aliphatic carbocycles. The largest absolute Gasteiger partial charge is 0.353 e. The van der Waals surface area contributed by atoms with E-state index in [4.69, 9.17) is 11.6 Å². The lowest BCUT2D eigenvalue weighted by atomic mass is 10.1. The second-order valence-electron chi connectivity index (χ2n) is 4.30. The zero-order valence-electron chi connectivity index (χ0n) is 7.99. The Labute approximate surface area is 88.9 Å². The van der Waals surface area contributed by atoms with Gasteiger partial charge in [-0.1, -0.05) is 17.7 Å². The van der Waals surface area contributed by atoms with E-state index in [1.807, 2.05) is 12.1 Å². The molecule has 3 heteroatoms. The van der Waals surface area contributed by atoms with Gasteiger partial charge in [0.25, 0.3) is 0 Å². The summed E-state index contributed by atoms with van der Waals surface area (Å²) >= 11 is 5.89. The van der Waals surface area contributed by atoms with Crippen molar-refractivity contribution in [3.8, 4) is 0 Å². The number of piperidine rings is 1. The molecule has 1 aromatic heterocycles. The molecule has 2 aliphatic rings.